The lowest BCUT2D eigenvalue weighted by atomic mass is 10.0. The van der Waals surface area contributed by atoms with E-state index in [-0.39, 0.29) is 0 Å². The van der Waals surface area contributed by atoms with E-state index in [1.807, 2.05) is 11.8 Å². The molecule has 0 saturated carbocycles. The van der Waals surface area contributed by atoms with E-state index in [1.165, 1.54) is 50.4 Å². The van der Waals surface area contributed by atoms with E-state index < -0.39 is 0 Å². The van der Waals surface area contributed by atoms with Crippen LogP contribution < -0.4 is 5.32 Å². The molecule has 0 bridgehead atoms. The fourth-order valence-electron chi connectivity index (χ4n) is 1.91. The fraction of sp³-hybridized carbons (Fsp3) is 1.00. The molecular weight excluding hydrogens is 192 g/mol. The maximum Gasteiger partial charge on any atom is 0.0194 e. The van der Waals surface area contributed by atoms with Crippen LogP contribution in [0.2, 0.25) is 0 Å². The zero-order valence-corrected chi connectivity index (χ0v) is 10.4. The van der Waals surface area contributed by atoms with Gasteiger partial charge in [0.2, 0.25) is 0 Å². The van der Waals surface area contributed by atoms with Gasteiger partial charge < -0.3 is 10.2 Å². The second kappa shape index (κ2) is 7.55. The summed E-state index contributed by atoms with van der Waals surface area (Å²) in [6, 6.07) is 0.750. The highest BCUT2D eigenvalue weighted by molar-refractivity contribution is 7.99. The quantitative estimate of drug-likeness (QED) is 0.682. The van der Waals surface area contributed by atoms with Crippen LogP contribution in [0.3, 0.4) is 0 Å². The van der Waals surface area contributed by atoms with Gasteiger partial charge in [-0.2, -0.15) is 11.8 Å². The first-order valence-electron chi connectivity index (χ1n) is 5.82. The molecule has 1 heterocycles. The van der Waals surface area contributed by atoms with Crippen molar-refractivity contribution in [1.82, 2.24) is 10.2 Å². The first-order chi connectivity index (χ1) is 6.83. The highest BCUT2D eigenvalue weighted by Crippen LogP contribution is 2.08. The molecule has 1 rings (SSSR count). The molecule has 0 aromatic heterocycles. The lowest BCUT2D eigenvalue weighted by molar-refractivity contribution is 0.273. The second-order valence-electron chi connectivity index (χ2n) is 4.11. The number of rotatable bonds is 6. The van der Waals surface area contributed by atoms with Crippen LogP contribution in [0.15, 0.2) is 0 Å². The molecule has 1 N–H and O–H groups in total. The highest BCUT2D eigenvalue weighted by Gasteiger charge is 2.13. The van der Waals surface area contributed by atoms with E-state index in [2.05, 4.69) is 24.2 Å². The summed E-state index contributed by atoms with van der Waals surface area (Å²) in [6.07, 6.45) is 4.15. The first-order valence-corrected chi connectivity index (χ1v) is 6.98. The van der Waals surface area contributed by atoms with Gasteiger partial charge in [-0.1, -0.05) is 13.3 Å². The van der Waals surface area contributed by atoms with Crippen LogP contribution in [0.4, 0.5) is 0 Å². The number of thioether (sulfide) groups is 1. The fourth-order valence-corrected chi connectivity index (χ4v) is 2.64. The number of hydrogen-bond acceptors (Lipinski definition) is 3. The van der Waals surface area contributed by atoms with Gasteiger partial charge in [-0.3, -0.25) is 0 Å². The van der Waals surface area contributed by atoms with Crippen molar-refractivity contribution >= 4 is 11.8 Å². The maximum atomic E-state index is 3.59. The van der Waals surface area contributed by atoms with Gasteiger partial charge in [0.1, 0.15) is 0 Å². The van der Waals surface area contributed by atoms with Crippen molar-refractivity contribution in [2.45, 2.75) is 32.2 Å². The van der Waals surface area contributed by atoms with Gasteiger partial charge in [-0.25, -0.2) is 0 Å². The predicted octanol–water partition coefficient (Wildman–Crippen LogP) is 1.81. The minimum absolute atomic E-state index is 0.750. The zero-order valence-electron chi connectivity index (χ0n) is 9.59. The molecule has 1 fully saturated rings. The average Bonchev–Trinajstić information content (AvgIpc) is 2.20. The largest absolute Gasteiger partial charge is 0.313 e. The van der Waals surface area contributed by atoms with E-state index in [1.54, 1.807) is 0 Å². The van der Waals surface area contributed by atoms with Crippen molar-refractivity contribution in [3.8, 4) is 0 Å². The van der Waals surface area contributed by atoms with Crippen molar-refractivity contribution < 1.29 is 0 Å². The molecule has 0 radical (unpaired) electrons. The Balaban J connectivity index is 2.03. The number of piperidine rings is 1. The van der Waals surface area contributed by atoms with Gasteiger partial charge in [0, 0.05) is 24.9 Å². The van der Waals surface area contributed by atoms with Crippen molar-refractivity contribution in [3.63, 3.8) is 0 Å². The number of hydrogen-bond donors (Lipinski definition) is 1. The summed E-state index contributed by atoms with van der Waals surface area (Å²) in [5, 5.41) is 3.59. The summed E-state index contributed by atoms with van der Waals surface area (Å²) in [7, 11) is 2.24. The predicted molar refractivity (Wildman–Crippen MR) is 66.1 cm³/mol. The molecule has 0 aliphatic carbocycles. The third-order valence-electron chi connectivity index (χ3n) is 2.77. The Labute approximate surface area is 92.8 Å². The summed E-state index contributed by atoms with van der Waals surface area (Å²) >= 11 is 2.04. The molecule has 1 aliphatic rings. The molecular formula is C11H24N2S. The van der Waals surface area contributed by atoms with Crippen molar-refractivity contribution in [2.24, 2.45) is 0 Å². The summed E-state index contributed by atoms with van der Waals surface area (Å²) in [5.74, 6) is 2.52. The molecule has 1 atom stereocenters. The lowest BCUT2D eigenvalue weighted by Gasteiger charge is -2.28. The van der Waals surface area contributed by atoms with E-state index in [0.717, 1.165) is 6.04 Å². The van der Waals surface area contributed by atoms with Crippen LogP contribution in [0.5, 0.6) is 0 Å². The van der Waals surface area contributed by atoms with Gasteiger partial charge in [0.05, 0.1) is 0 Å². The Bertz CT molecular complexity index is 135. The molecule has 1 unspecified atom stereocenters. The Morgan fingerprint density at radius 1 is 1.43 bits per heavy atom. The third kappa shape index (κ3) is 5.23. The van der Waals surface area contributed by atoms with E-state index in [4.69, 9.17) is 0 Å². The first kappa shape index (κ1) is 12.3. The standard InChI is InChI=1S/C11H24N2S/c1-3-14-9-8-13(2)10-11-6-4-5-7-12-11/h11-12H,3-10H2,1-2H3. The number of likely N-dealkylation sites (N-methyl/N-ethyl adjacent to an activating group) is 1. The molecule has 3 heteroatoms. The van der Waals surface area contributed by atoms with Crippen LogP contribution in [-0.2, 0) is 0 Å². The van der Waals surface area contributed by atoms with Crippen molar-refractivity contribution in [1.29, 1.82) is 0 Å². The smallest absolute Gasteiger partial charge is 0.0194 e. The molecule has 0 aromatic carbocycles. The molecule has 0 amide bonds. The van der Waals surface area contributed by atoms with E-state index in [9.17, 15) is 0 Å². The minimum atomic E-state index is 0.750. The molecule has 1 aliphatic heterocycles. The molecule has 1 saturated heterocycles. The Morgan fingerprint density at radius 2 is 2.29 bits per heavy atom. The lowest BCUT2D eigenvalue weighted by Crippen LogP contribution is -2.42. The number of nitrogens with one attached hydrogen (secondary N) is 1. The number of nitrogens with zero attached hydrogens (tertiary/aromatic N) is 1. The SMILES string of the molecule is CCSCCN(C)CC1CCCCN1. The highest BCUT2D eigenvalue weighted by atomic mass is 32.2. The topological polar surface area (TPSA) is 15.3 Å². The summed E-state index contributed by atoms with van der Waals surface area (Å²) < 4.78 is 0. The van der Waals surface area contributed by atoms with Crippen LogP contribution >= 0.6 is 11.8 Å². The van der Waals surface area contributed by atoms with Crippen LogP contribution in [0.1, 0.15) is 26.2 Å². The second-order valence-corrected chi connectivity index (χ2v) is 5.50. The van der Waals surface area contributed by atoms with Crippen LogP contribution in [-0.4, -0.2) is 49.1 Å². The summed E-state index contributed by atoms with van der Waals surface area (Å²) in [6.45, 7) is 5.91. The Morgan fingerprint density at radius 3 is 2.93 bits per heavy atom. The van der Waals surface area contributed by atoms with Gasteiger partial charge in [0.15, 0.2) is 0 Å². The third-order valence-corrected chi connectivity index (χ3v) is 3.65. The van der Waals surface area contributed by atoms with Crippen molar-refractivity contribution in [3.05, 3.63) is 0 Å². The average molecular weight is 216 g/mol. The molecule has 2 nitrogen and oxygen atoms in total. The monoisotopic (exact) mass is 216 g/mol. The summed E-state index contributed by atoms with van der Waals surface area (Å²) in [4.78, 5) is 2.46. The van der Waals surface area contributed by atoms with Gasteiger partial charge in [-0.05, 0) is 32.2 Å². The molecule has 0 spiro atoms. The zero-order chi connectivity index (χ0) is 10.2. The normalized spacial score (nSPS) is 22.9. The minimum Gasteiger partial charge on any atom is -0.313 e. The van der Waals surface area contributed by atoms with Crippen molar-refractivity contribution in [2.75, 3.05) is 38.2 Å². The molecule has 14 heavy (non-hydrogen) atoms. The Hall–Kier alpha value is 0.270. The van der Waals surface area contributed by atoms with Crippen LogP contribution in [0, 0.1) is 0 Å². The van der Waals surface area contributed by atoms with Gasteiger partial charge in [0.25, 0.3) is 0 Å². The Kier molecular flexibility index (Phi) is 6.65. The molecule has 84 valence electrons. The van der Waals surface area contributed by atoms with Gasteiger partial charge >= 0.3 is 0 Å². The molecule has 0 aromatic rings. The maximum absolute atomic E-state index is 3.59. The van der Waals surface area contributed by atoms with E-state index in [0.29, 0.717) is 0 Å². The van der Waals surface area contributed by atoms with Crippen LogP contribution in [0.25, 0.3) is 0 Å². The van der Waals surface area contributed by atoms with Gasteiger partial charge in [-0.15, -0.1) is 0 Å². The summed E-state index contributed by atoms with van der Waals surface area (Å²) in [5.41, 5.74) is 0. The van der Waals surface area contributed by atoms with E-state index >= 15 is 0 Å².